The van der Waals surface area contributed by atoms with Crippen molar-refractivity contribution in [1.29, 1.82) is 0 Å². The summed E-state index contributed by atoms with van der Waals surface area (Å²) in [4.78, 5) is 0. The summed E-state index contributed by atoms with van der Waals surface area (Å²) in [5.74, 6) is 0. The van der Waals surface area contributed by atoms with Gasteiger partial charge in [-0.25, -0.2) is 0 Å². The topological polar surface area (TPSA) is 35.2 Å². The predicted molar refractivity (Wildman–Crippen MR) is 37.1 cm³/mol. The van der Waals surface area contributed by atoms with Crippen molar-refractivity contribution in [2.75, 3.05) is 6.54 Å². The Hall–Kier alpha value is 0.137. The lowest BCUT2D eigenvalue weighted by molar-refractivity contribution is 0.234. The summed E-state index contributed by atoms with van der Waals surface area (Å²) in [6.07, 6.45) is 0.249. The second-order valence-electron chi connectivity index (χ2n) is 2.07. The van der Waals surface area contributed by atoms with Gasteiger partial charge in [0, 0.05) is 6.54 Å². The molecule has 0 rings (SSSR count). The van der Waals surface area contributed by atoms with E-state index < -0.39 is 9.04 Å². The lowest BCUT2D eigenvalue weighted by Gasteiger charge is -2.11. The maximum Gasteiger partial charge on any atom is 0.205 e. The van der Waals surface area contributed by atoms with Crippen LogP contribution in [0.1, 0.15) is 6.92 Å². The Morgan fingerprint density at radius 2 is 2.12 bits per heavy atom. The van der Waals surface area contributed by atoms with Crippen molar-refractivity contribution in [2.45, 2.75) is 26.1 Å². The van der Waals surface area contributed by atoms with Crippen molar-refractivity contribution < 1.29 is 4.43 Å². The van der Waals surface area contributed by atoms with Gasteiger partial charge in [0.05, 0.1) is 6.10 Å². The van der Waals surface area contributed by atoms with Crippen molar-refractivity contribution in [2.24, 2.45) is 5.73 Å². The molecule has 0 aromatic heterocycles. The Kier molecular flexibility index (Phi) is 4.13. The van der Waals surface area contributed by atoms with Crippen LogP contribution in [-0.4, -0.2) is 21.7 Å². The number of rotatable bonds is 3. The maximum absolute atomic E-state index is 5.38. The van der Waals surface area contributed by atoms with Gasteiger partial charge in [0.15, 0.2) is 0 Å². The van der Waals surface area contributed by atoms with Crippen LogP contribution in [0, 0.1) is 0 Å². The van der Waals surface area contributed by atoms with Crippen LogP contribution >= 0.6 is 0 Å². The minimum atomic E-state index is -0.526. The van der Waals surface area contributed by atoms with Crippen LogP contribution in [0.4, 0.5) is 0 Å². The summed E-state index contributed by atoms with van der Waals surface area (Å²) in [5.41, 5.74) is 5.31. The SMILES string of the molecule is CC(CN)O[Si](C)C. The van der Waals surface area contributed by atoms with E-state index in [0.29, 0.717) is 6.54 Å². The molecule has 0 aromatic rings. The standard InChI is InChI=1S/C5H14NOSi/c1-5(4-6)7-8(2)3/h5H,4,6H2,1-3H3. The van der Waals surface area contributed by atoms with Gasteiger partial charge in [-0.1, -0.05) is 0 Å². The van der Waals surface area contributed by atoms with Crippen LogP contribution in [0.5, 0.6) is 0 Å². The Morgan fingerprint density at radius 3 is 2.25 bits per heavy atom. The highest BCUT2D eigenvalue weighted by Gasteiger charge is 2.01. The summed E-state index contributed by atoms with van der Waals surface area (Å²) in [6, 6.07) is 0. The van der Waals surface area contributed by atoms with Gasteiger partial charge in [0.2, 0.25) is 9.04 Å². The van der Waals surface area contributed by atoms with Crippen molar-refractivity contribution in [1.82, 2.24) is 0 Å². The van der Waals surface area contributed by atoms with E-state index in [1.807, 2.05) is 6.92 Å². The van der Waals surface area contributed by atoms with Gasteiger partial charge in [0.25, 0.3) is 0 Å². The zero-order chi connectivity index (χ0) is 6.57. The summed E-state index contributed by atoms with van der Waals surface area (Å²) in [5, 5.41) is 0. The first-order valence-corrected chi connectivity index (χ1v) is 5.24. The lowest BCUT2D eigenvalue weighted by Crippen LogP contribution is -2.25. The Bertz CT molecular complexity index is 58.4. The van der Waals surface area contributed by atoms with Crippen LogP contribution in [0.25, 0.3) is 0 Å². The minimum absolute atomic E-state index is 0.249. The maximum atomic E-state index is 5.38. The van der Waals surface area contributed by atoms with Gasteiger partial charge in [-0.3, -0.25) is 0 Å². The quantitative estimate of drug-likeness (QED) is 0.571. The molecule has 0 heterocycles. The van der Waals surface area contributed by atoms with E-state index in [2.05, 4.69) is 13.1 Å². The molecule has 0 aromatic carbocycles. The average Bonchev–Trinajstić information content (AvgIpc) is 1.65. The molecule has 1 unspecified atom stereocenters. The Labute approximate surface area is 52.8 Å². The molecule has 3 heteroatoms. The second-order valence-corrected chi connectivity index (χ2v) is 4.12. The van der Waals surface area contributed by atoms with Gasteiger partial charge in [0.1, 0.15) is 0 Å². The highest BCUT2D eigenvalue weighted by Crippen LogP contribution is 1.90. The summed E-state index contributed by atoms with van der Waals surface area (Å²) in [7, 11) is -0.526. The molecule has 0 aliphatic rings. The fraction of sp³-hybridized carbons (Fsp3) is 1.00. The number of nitrogens with two attached hydrogens (primary N) is 1. The van der Waals surface area contributed by atoms with Gasteiger partial charge >= 0.3 is 0 Å². The van der Waals surface area contributed by atoms with E-state index in [-0.39, 0.29) is 6.10 Å². The molecule has 0 aliphatic carbocycles. The molecule has 2 nitrogen and oxygen atoms in total. The summed E-state index contributed by atoms with van der Waals surface area (Å²) < 4.78 is 5.38. The number of hydrogen-bond donors (Lipinski definition) is 1. The molecular formula is C5H14NOSi. The second kappa shape index (κ2) is 4.06. The van der Waals surface area contributed by atoms with Crippen molar-refractivity contribution in [3.63, 3.8) is 0 Å². The fourth-order valence-electron chi connectivity index (χ4n) is 0.450. The van der Waals surface area contributed by atoms with Gasteiger partial charge in [-0.15, -0.1) is 0 Å². The van der Waals surface area contributed by atoms with Crippen LogP contribution in [0.3, 0.4) is 0 Å². The van der Waals surface area contributed by atoms with Crippen molar-refractivity contribution in [3.05, 3.63) is 0 Å². The minimum Gasteiger partial charge on any atom is -0.413 e. The largest absolute Gasteiger partial charge is 0.413 e. The first kappa shape index (κ1) is 8.14. The van der Waals surface area contributed by atoms with E-state index in [1.54, 1.807) is 0 Å². The molecule has 1 radical (unpaired) electrons. The molecule has 0 amide bonds. The summed E-state index contributed by atoms with van der Waals surface area (Å²) in [6.45, 7) is 6.85. The van der Waals surface area contributed by atoms with Crippen molar-refractivity contribution in [3.8, 4) is 0 Å². The highest BCUT2D eigenvalue weighted by molar-refractivity contribution is 6.48. The summed E-state index contributed by atoms with van der Waals surface area (Å²) >= 11 is 0. The van der Waals surface area contributed by atoms with Crippen LogP contribution in [0.15, 0.2) is 0 Å². The Morgan fingerprint density at radius 1 is 1.62 bits per heavy atom. The van der Waals surface area contributed by atoms with Gasteiger partial charge in [-0.2, -0.15) is 0 Å². The third kappa shape index (κ3) is 4.30. The molecule has 0 fully saturated rings. The molecular weight excluding hydrogens is 118 g/mol. The van der Waals surface area contributed by atoms with Gasteiger partial charge < -0.3 is 10.2 Å². The van der Waals surface area contributed by atoms with E-state index in [1.165, 1.54) is 0 Å². The third-order valence-corrected chi connectivity index (χ3v) is 1.64. The van der Waals surface area contributed by atoms with E-state index in [4.69, 9.17) is 10.2 Å². The van der Waals surface area contributed by atoms with Gasteiger partial charge in [-0.05, 0) is 20.0 Å². The molecule has 1 atom stereocenters. The molecule has 0 saturated heterocycles. The predicted octanol–water partition coefficient (Wildman–Crippen LogP) is 0.601. The molecule has 2 N–H and O–H groups in total. The van der Waals surface area contributed by atoms with E-state index in [0.717, 1.165) is 0 Å². The molecule has 0 saturated carbocycles. The monoisotopic (exact) mass is 132 g/mol. The Balaban J connectivity index is 3.10. The normalized spacial score (nSPS) is 14.6. The average molecular weight is 132 g/mol. The van der Waals surface area contributed by atoms with Crippen LogP contribution < -0.4 is 5.73 Å². The molecule has 0 spiro atoms. The first-order valence-electron chi connectivity index (χ1n) is 2.83. The first-order chi connectivity index (χ1) is 3.66. The van der Waals surface area contributed by atoms with E-state index >= 15 is 0 Å². The molecule has 0 bridgehead atoms. The smallest absolute Gasteiger partial charge is 0.205 e. The lowest BCUT2D eigenvalue weighted by atomic mass is 10.4. The van der Waals surface area contributed by atoms with Crippen LogP contribution in [0.2, 0.25) is 13.1 Å². The zero-order valence-corrected chi connectivity index (χ0v) is 6.77. The molecule has 8 heavy (non-hydrogen) atoms. The third-order valence-electron chi connectivity index (χ3n) is 0.769. The highest BCUT2D eigenvalue weighted by atomic mass is 28.3. The van der Waals surface area contributed by atoms with Crippen LogP contribution in [-0.2, 0) is 4.43 Å². The number of hydrogen-bond acceptors (Lipinski definition) is 2. The molecule has 0 aliphatic heterocycles. The zero-order valence-electron chi connectivity index (χ0n) is 5.77. The van der Waals surface area contributed by atoms with E-state index in [9.17, 15) is 0 Å². The fourth-order valence-corrected chi connectivity index (χ4v) is 1.35. The van der Waals surface area contributed by atoms with Crippen molar-refractivity contribution >= 4 is 9.04 Å². The molecule has 49 valence electrons.